The largest absolute Gasteiger partial charge is 0.493 e. The minimum atomic E-state index is 0.381. The van der Waals surface area contributed by atoms with E-state index >= 15 is 0 Å². The maximum atomic E-state index is 5.78. The lowest BCUT2D eigenvalue weighted by molar-refractivity contribution is 0.0145. The van der Waals surface area contributed by atoms with Gasteiger partial charge in [-0.15, -0.1) is 0 Å². The molecule has 0 radical (unpaired) electrons. The van der Waals surface area contributed by atoms with Crippen LogP contribution < -0.4 is 10.1 Å². The van der Waals surface area contributed by atoms with Crippen LogP contribution in [0.1, 0.15) is 37.3 Å². The molecule has 4 heteroatoms. The van der Waals surface area contributed by atoms with E-state index in [4.69, 9.17) is 9.47 Å². The van der Waals surface area contributed by atoms with Crippen LogP contribution in [0, 0.1) is 0 Å². The molecular weight excluding hydrogens is 306 g/mol. The van der Waals surface area contributed by atoms with E-state index in [-0.39, 0.29) is 0 Å². The summed E-state index contributed by atoms with van der Waals surface area (Å²) in [6.07, 6.45) is 5.09. The fraction of sp³-hybridized carbons (Fsp3) is 0.600. The molecule has 2 unspecified atom stereocenters. The van der Waals surface area contributed by atoms with Gasteiger partial charge in [-0.1, -0.05) is 15.9 Å². The summed E-state index contributed by atoms with van der Waals surface area (Å²) in [7, 11) is 0. The SMILES string of the molecule is Brc1ccc2c(c1)C(NCC1CCCCO1)CCO2. The quantitative estimate of drug-likeness (QED) is 0.923. The van der Waals surface area contributed by atoms with Crippen molar-refractivity contribution in [3.05, 3.63) is 28.2 Å². The Kier molecular flexibility index (Phi) is 4.41. The second kappa shape index (κ2) is 6.25. The Bertz CT molecular complexity index is 432. The standard InChI is InChI=1S/C15H20BrNO2/c16-11-4-5-15-13(9-11)14(6-8-19-15)17-10-12-3-1-2-7-18-12/h4-5,9,12,14,17H,1-3,6-8,10H2. The molecule has 0 saturated carbocycles. The average molecular weight is 326 g/mol. The number of halogens is 1. The summed E-state index contributed by atoms with van der Waals surface area (Å²) in [6.45, 7) is 2.65. The lowest BCUT2D eigenvalue weighted by Gasteiger charge is -2.30. The summed E-state index contributed by atoms with van der Waals surface area (Å²) in [5.74, 6) is 1.01. The fourth-order valence-electron chi connectivity index (χ4n) is 2.82. The molecule has 2 atom stereocenters. The van der Waals surface area contributed by atoms with Crippen molar-refractivity contribution in [2.45, 2.75) is 37.8 Å². The first kappa shape index (κ1) is 13.4. The van der Waals surface area contributed by atoms with Gasteiger partial charge in [0.2, 0.25) is 0 Å². The third kappa shape index (κ3) is 3.30. The molecular formula is C15H20BrNO2. The zero-order valence-corrected chi connectivity index (χ0v) is 12.6. The molecule has 1 aromatic rings. The molecule has 0 bridgehead atoms. The summed E-state index contributed by atoms with van der Waals surface area (Å²) in [5.41, 5.74) is 1.26. The number of nitrogens with one attached hydrogen (secondary N) is 1. The van der Waals surface area contributed by atoms with E-state index in [1.807, 2.05) is 12.1 Å². The van der Waals surface area contributed by atoms with Gasteiger partial charge in [0.15, 0.2) is 0 Å². The van der Waals surface area contributed by atoms with Crippen LogP contribution in [0.2, 0.25) is 0 Å². The zero-order valence-electron chi connectivity index (χ0n) is 11.0. The lowest BCUT2D eigenvalue weighted by atomic mass is 10.00. The predicted molar refractivity (Wildman–Crippen MR) is 78.6 cm³/mol. The molecule has 104 valence electrons. The monoisotopic (exact) mass is 325 g/mol. The van der Waals surface area contributed by atoms with Crippen LogP contribution in [0.4, 0.5) is 0 Å². The molecule has 2 aliphatic rings. The van der Waals surface area contributed by atoms with E-state index in [0.717, 1.165) is 36.4 Å². The predicted octanol–water partition coefficient (Wildman–Crippen LogP) is 3.43. The van der Waals surface area contributed by atoms with Gasteiger partial charge in [-0.25, -0.2) is 0 Å². The summed E-state index contributed by atoms with van der Waals surface area (Å²) >= 11 is 3.54. The van der Waals surface area contributed by atoms with Crippen LogP contribution >= 0.6 is 15.9 Å². The van der Waals surface area contributed by atoms with Gasteiger partial charge in [0, 0.05) is 35.7 Å². The Morgan fingerprint density at radius 3 is 3.00 bits per heavy atom. The van der Waals surface area contributed by atoms with E-state index < -0.39 is 0 Å². The number of benzene rings is 1. The molecule has 0 aromatic heterocycles. The van der Waals surface area contributed by atoms with Gasteiger partial charge in [-0.3, -0.25) is 0 Å². The number of rotatable bonds is 3. The zero-order chi connectivity index (χ0) is 13.1. The van der Waals surface area contributed by atoms with Crippen molar-refractivity contribution in [3.63, 3.8) is 0 Å². The third-order valence-electron chi connectivity index (χ3n) is 3.88. The highest BCUT2D eigenvalue weighted by Gasteiger charge is 2.23. The highest BCUT2D eigenvalue weighted by molar-refractivity contribution is 9.10. The van der Waals surface area contributed by atoms with Gasteiger partial charge in [0.25, 0.3) is 0 Å². The van der Waals surface area contributed by atoms with Crippen molar-refractivity contribution < 1.29 is 9.47 Å². The van der Waals surface area contributed by atoms with E-state index in [2.05, 4.69) is 27.3 Å². The van der Waals surface area contributed by atoms with Crippen LogP contribution in [0.5, 0.6) is 5.75 Å². The first-order valence-electron chi connectivity index (χ1n) is 7.10. The summed E-state index contributed by atoms with van der Waals surface area (Å²) in [5, 5.41) is 3.65. The second-order valence-electron chi connectivity index (χ2n) is 5.27. The van der Waals surface area contributed by atoms with Crippen LogP contribution in [0.15, 0.2) is 22.7 Å². The Morgan fingerprint density at radius 1 is 1.21 bits per heavy atom. The van der Waals surface area contributed by atoms with Crippen molar-refractivity contribution in [1.82, 2.24) is 5.32 Å². The molecule has 3 nitrogen and oxygen atoms in total. The second-order valence-corrected chi connectivity index (χ2v) is 6.18. The topological polar surface area (TPSA) is 30.5 Å². The van der Waals surface area contributed by atoms with Crippen molar-refractivity contribution in [2.75, 3.05) is 19.8 Å². The maximum Gasteiger partial charge on any atom is 0.124 e. The van der Waals surface area contributed by atoms with E-state index in [1.54, 1.807) is 0 Å². The van der Waals surface area contributed by atoms with Gasteiger partial charge in [-0.2, -0.15) is 0 Å². The van der Waals surface area contributed by atoms with Crippen LogP contribution in [0.25, 0.3) is 0 Å². The minimum Gasteiger partial charge on any atom is -0.493 e. The van der Waals surface area contributed by atoms with Crippen molar-refractivity contribution >= 4 is 15.9 Å². The van der Waals surface area contributed by atoms with Crippen LogP contribution in [-0.4, -0.2) is 25.9 Å². The highest BCUT2D eigenvalue weighted by Crippen LogP contribution is 2.34. The van der Waals surface area contributed by atoms with Crippen LogP contribution in [0.3, 0.4) is 0 Å². The van der Waals surface area contributed by atoms with Gasteiger partial charge in [0.1, 0.15) is 5.75 Å². The van der Waals surface area contributed by atoms with E-state index in [1.165, 1.54) is 24.8 Å². The van der Waals surface area contributed by atoms with Gasteiger partial charge < -0.3 is 14.8 Å². The fourth-order valence-corrected chi connectivity index (χ4v) is 3.20. The maximum absolute atomic E-state index is 5.78. The highest BCUT2D eigenvalue weighted by atomic mass is 79.9. The molecule has 2 heterocycles. The number of fused-ring (bicyclic) bond motifs is 1. The first-order chi connectivity index (χ1) is 9.33. The number of hydrogen-bond acceptors (Lipinski definition) is 3. The molecule has 1 saturated heterocycles. The van der Waals surface area contributed by atoms with E-state index in [0.29, 0.717) is 12.1 Å². The Labute approximate surface area is 122 Å². The summed E-state index contributed by atoms with van der Waals surface area (Å²) in [6, 6.07) is 6.62. The molecule has 1 fully saturated rings. The smallest absolute Gasteiger partial charge is 0.124 e. The van der Waals surface area contributed by atoms with Crippen molar-refractivity contribution in [2.24, 2.45) is 0 Å². The summed E-state index contributed by atoms with van der Waals surface area (Å²) in [4.78, 5) is 0. The molecule has 3 rings (SSSR count). The normalized spacial score (nSPS) is 26.6. The first-order valence-corrected chi connectivity index (χ1v) is 7.89. The Morgan fingerprint density at radius 2 is 2.16 bits per heavy atom. The van der Waals surface area contributed by atoms with Crippen molar-refractivity contribution in [3.8, 4) is 5.75 Å². The third-order valence-corrected chi connectivity index (χ3v) is 4.37. The molecule has 0 spiro atoms. The van der Waals surface area contributed by atoms with E-state index in [9.17, 15) is 0 Å². The Hall–Kier alpha value is -0.580. The molecule has 0 aliphatic carbocycles. The molecule has 0 amide bonds. The molecule has 1 aromatic carbocycles. The average Bonchev–Trinajstić information content (AvgIpc) is 2.46. The van der Waals surface area contributed by atoms with Crippen molar-refractivity contribution in [1.29, 1.82) is 0 Å². The number of hydrogen-bond donors (Lipinski definition) is 1. The van der Waals surface area contributed by atoms with Crippen LogP contribution in [-0.2, 0) is 4.74 Å². The minimum absolute atomic E-state index is 0.381. The lowest BCUT2D eigenvalue weighted by Crippen LogP contribution is -2.36. The van der Waals surface area contributed by atoms with Gasteiger partial charge >= 0.3 is 0 Å². The Balaban J connectivity index is 1.64. The molecule has 2 aliphatic heterocycles. The number of ether oxygens (including phenoxy) is 2. The van der Waals surface area contributed by atoms with Gasteiger partial charge in [0.05, 0.1) is 12.7 Å². The van der Waals surface area contributed by atoms with Gasteiger partial charge in [-0.05, 0) is 37.5 Å². The molecule has 19 heavy (non-hydrogen) atoms. The summed E-state index contributed by atoms with van der Waals surface area (Å²) < 4.78 is 12.6. The molecule has 1 N–H and O–H groups in total.